The van der Waals surface area contributed by atoms with Gasteiger partial charge in [-0.3, -0.25) is 4.79 Å². The third kappa shape index (κ3) is 4.49. The quantitative estimate of drug-likeness (QED) is 0.604. The fraction of sp³-hybridized carbons (Fsp3) is 0.200. The first-order valence-electron chi connectivity index (χ1n) is 8.33. The van der Waals surface area contributed by atoms with E-state index in [2.05, 4.69) is 10.3 Å². The number of nitrogens with zero attached hydrogens (tertiary/aromatic N) is 1. The van der Waals surface area contributed by atoms with Crippen LogP contribution in [0.15, 0.2) is 59.3 Å². The SMILES string of the molecule is Cc1ccnc(NCc2coc(-c3ccc(CC(N)C(=O)O)cc3)c2)c1. The van der Waals surface area contributed by atoms with E-state index in [9.17, 15) is 4.79 Å². The van der Waals surface area contributed by atoms with Crippen molar-refractivity contribution in [3.05, 3.63) is 71.6 Å². The van der Waals surface area contributed by atoms with Gasteiger partial charge in [-0.1, -0.05) is 24.3 Å². The van der Waals surface area contributed by atoms with Gasteiger partial charge in [-0.05, 0) is 42.7 Å². The molecule has 3 aromatic rings. The molecule has 0 aliphatic rings. The fourth-order valence-corrected chi connectivity index (χ4v) is 2.59. The molecule has 134 valence electrons. The van der Waals surface area contributed by atoms with Gasteiger partial charge < -0.3 is 20.6 Å². The number of nitrogens with one attached hydrogen (secondary N) is 1. The molecule has 6 heteroatoms. The second kappa shape index (κ2) is 7.84. The summed E-state index contributed by atoms with van der Waals surface area (Å²) >= 11 is 0. The van der Waals surface area contributed by atoms with Crippen molar-refractivity contribution in [1.82, 2.24) is 4.98 Å². The summed E-state index contributed by atoms with van der Waals surface area (Å²) in [6.45, 7) is 2.64. The number of nitrogens with two attached hydrogens (primary N) is 1. The molecule has 0 saturated heterocycles. The Labute approximate surface area is 151 Å². The molecule has 1 unspecified atom stereocenters. The van der Waals surface area contributed by atoms with Gasteiger partial charge in [0.1, 0.15) is 17.6 Å². The summed E-state index contributed by atoms with van der Waals surface area (Å²) in [5.74, 6) is 0.584. The molecule has 0 aliphatic heterocycles. The van der Waals surface area contributed by atoms with E-state index in [1.807, 2.05) is 49.4 Å². The molecule has 0 spiro atoms. The van der Waals surface area contributed by atoms with E-state index in [1.165, 1.54) is 0 Å². The maximum atomic E-state index is 10.8. The number of hydrogen-bond donors (Lipinski definition) is 3. The minimum absolute atomic E-state index is 0.298. The molecule has 6 nitrogen and oxygen atoms in total. The second-order valence-corrected chi connectivity index (χ2v) is 6.24. The van der Waals surface area contributed by atoms with Gasteiger partial charge in [-0.15, -0.1) is 0 Å². The number of carboxylic acids is 1. The van der Waals surface area contributed by atoms with Gasteiger partial charge in [0.2, 0.25) is 0 Å². The van der Waals surface area contributed by atoms with Gasteiger partial charge in [-0.25, -0.2) is 4.98 Å². The van der Waals surface area contributed by atoms with Gasteiger partial charge in [0.05, 0.1) is 6.26 Å². The standard InChI is InChI=1S/C20H21N3O3/c1-13-6-7-22-19(8-13)23-11-15-10-18(26-12-15)16-4-2-14(3-5-16)9-17(21)20(24)25/h2-8,10,12,17H,9,11,21H2,1H3,(H,22,23)(H,24,25). The largest absolute Gasteiger partial charge is 0.480 e. The van der Waals surface area contributed by atoms with E-state index in [0.29, 0.717) is 13.0 Å². The average molecular weight is 351 g/mol. The molecular formula is C20H21N3O3. The number of carbonyl (C=O) groups is 1. The number of hydrogen-bond acceptors (Lipinski definition) is 5. The number of aromatic nitrogens is 1. The van der Waals surface area contributed by atoms with Gasteiger partial charge in [0, 0.05) is 23.9 Å². The van der Waals surface area contributed by atoms with E-state index in [-0.39, 0.29) is 0 Å². The van der Waals surface area contributed by atoms with Crippen molar-refractivity contribution in [2.24, 2.45) is 5.73 Å². The zero-order chi connectivity index (χ0) is 18.5. The molecule has 2 aromatic heterocycles. The van der Waals surface area contributed by atoms with Crippen LogP contribution in [0.3, 0.4) is 0 Å². The van der Waals surface area contributed by atoms with Crippen LogP contribution in [0.5, 0.6) is 0 Å². The van der Waals surface area contributed by atoms with Crippen molar-refractivity contribution < 1.29 is 14.3 Å². The molecule has 0 fully saturated rings. The highest BCUT2D eigenvalue weighted by Gasteiger charge is 2.12. The Balaban J connectivity index is 1.63. The van der Waals surface area contributed by atoms with Crippen molar-refractivity contribution in [2.75, 3.05) is 5.32 Å². The number of carboxylic acid groups (broad SMARTS) is 1. The molecule has 0 saturated carbocycles. The number of furan rings is 1. The smallest absolute Gasteiger partial charge is 0.320 e. The minimum Gasteiger partial charge on any atom is -0.480 e. The Bertz CT molecular complexity index is 887. The summed E-state index contributed by atoms with van der Waals surface area (Å²) in [6, 6.07) is 12.6. The summed E-state index contributed by atoms with van der Waals surface area (Å²) in [4.78, 5) is 15.1. The lowest BCUT2D eigenvalue weighted by molar-refractivity contribution is -0.138. The first-order valence-corrected chi connectivity index (χ1v) is 8.33. The molecule has 1 aromatic carbocycles. The van der Waals surface area contributed by atoms with Gasteiger partial charge in [0.25, 0.3) is 0 Å². The van der Waals surface area contributed by atoms with E-state index >= 15 is 0 Å². The molecule has 0 amide bonds. The number of anilines is 1. The molecule has 1 atom stereocenters. The Morgan fingerprint density at radius 3 is 2.69 bits per heavy atom. The normalized spacial score (nSPS) is 11.9. The van der Waals surface area contributed by atoms with Crippen molar-refractivity contribution in [1.29, 1.82) is 0 Å². The number of benzene rings is 1. The molecule has 4 N–H and O–H groups in total. The zero-order valence-electron chi connectivity index (χ0n) is 14.5. The Morgan fingerprint density at radius 1 is 1.23 bits per heavy atom. The van der Waals surface area contributed by atoms with Crippen LogP contribution in [0.25, 0.3) is 11.3 Å². The third-order valence-corrected chi connectivity index (χ3v) is 4.05. The maximum Gasteiger partial charge on any atom is 0.320 e. The van der Waals surface area contributed by atoms with Crippen LogP contribution in [-0.2, 0) is 17.8 Å². The summed E-state index contributed by atoms with van der Waals surface area (Å²) in [5.41, 5.74) is 9.53. The van der Waals surface area contributed by atoms with Crippen molar-refractivity contribution >= 4 is 11.8 Å². The Morgan fingerprint density at radius 2 is 2.00 bits per heavy atom. The summed E-state index contributed by atoms with van der Waals surface area (Å²) in [6.07, 6.45) is 3.79. The maximum absolute atomic E-state index is 10.8. The van der Waals surface area contributed by atoms with E-state index < -0.39 is 12.0 Å². The highest BCUT2D eigenvalue weighted by molar-refractivity contribution is 5.73. The van der Waals surface area contributed by atoms with Crippen LogP contribution >= 0.6 is 0 Å². The highest BCUT2D eigenvalue weighted by atomic mass is 16.4. The molecule has 0 radical (unpaired) electrons. The predicted octanol–water partition coefficient (Wildman–Crippen LogP) is 3.22. The molecule has 0 bridgehead atoms. The van der Waals surface area contributed by atoms with Crippen LogP contribution in [0.4, 0.5) is 5.82 Å². The number of pyridine rings is 1. The Kier molecular flexibility index (Phi) is 5.34. The lowest BCUT2D eigenvalue weighted by atomic mass is 10.0. The van der Waals surface area contributed by atoms with Crippen molar-refractivity contribution in [3.63, 3.8) is 0 Å². The summed E-state index contributed by atoms with van der Waals surface area (Å²) in [7, 11) is 0. The van der Waals surface area contributed by atoms with Crippen LogP contribution in [0, 0.1) is 6.92 Å². The minimum atomic E-state index is -1.000. The zero-order valence-corrected chi connectivity index (χ0v) is 14.5. The molecule has 3 rings (SSSR count). The monoisotopic (exact) mass is 351 g/mol. The number of aliphatic carboxylic acids is 1. The molecular weight excluding hydrogens is 330 g/mol. The van der Waals surface area contributed by atoms with Crippen LogP contribution in [0.2, 0.25) is 0 Å². The lowest BCUT2D eigenvalue weighted by Gasteiger charge is -2.06. The van der Waals surface area contributed by atoms with E-state index in [0.717, 1.165) is 33.8 Å². The molecule has 0 aliphatic carbocycles. The van der Waals surface area contributed by atoms with Gasteiger partial charge in [-0.2, -0.15) is 0 Å². The molecule has 2 heterocycles. The van der Waals surface area contributed by atoms with Gasteiger partial charge in [0.15, 0.2) is 0 Å². The van der Waals surface area contributed by atoms with Gasteiger partial charge >= 0.3 is 5.97 Å². The van der Waals surface area contributed by atoms with Crippen molar-refractivity contribution in [2.45, 2.75) is 25.9 Å². The number of aryl methyl sites for hydroxylation is 1. The third-order valence-electron chi connectivity index (χ3n) is 4.05. The second-order valence-electron chi connectivity index (χ2n) is 6.24. The fourth-order valence-electron chi connectivity index (χ4n) is 2.59. The highest BCUT2D eigenvalue weighted by Crippen LogP contribution is 2.23. The molecule has 26 heavy (non-hydrogen) atoms. The lowest BCUT2D eigenvalue weighted by Crippen LogP contribution is -2.32. The van der Waals surface area contributed by atoms with E-state index in [4.69, 9.17) is 15.3 Å². The summed E-state index contributed by atoms with van der Waals surface area (Å²) in [5, 5.41) is 12.1. The van der Waals surface area contributed by atoms with Crippen LogP contribution in [0.1, 0.15) is 16.7 Å². The topological polar surface area (TPSA) is 101 Å². The predicted molar refractivity (Wildman–Crippen MR) is 99.8 cm³/mol. The number of rotatable bonds is 7. The van der Waals surface area contributed by atoms with Crippen LogP contribution < -0.4 is 11.1 Å². The summed E-state index contributed by atoms with van der Waals surface area (Å²) < 4.78 is 5.64. The average Bonchev–Trinajstić information content (AvgIpc) is 3.09. The van der Waals surface area contributed by atoms with Crippen LogP contribution in [-0.4, -0.2) is 22.1 Å². The first kappa shape index (κ1) is 17.7. The first-order chi connectivity index (χ1) is 12.5. The van der Waals surface area contributed by atoms with Crippen molar-refractivity contribution in [3.8, 4) is 11.3 Å². The van der Waals surface area contributed by atoms with E-state index in [1.54, 1.807) is 12.5 Å². The Hall–Kier alpha value is -3.12.